The molecular formula is C19H30O3. The molecule has 0 radical (unpaired) electrons. The largest absolute Gasteiger partial charge is 0.511 e. The third kappa shape index (κ3) is 4.75. The molecule has 0 bridgehead atoms. The summed E-state index contributed by atoms with van der Waals surface area (Å²) in [5, 5.41) is 8.99. The van der Waals surface area contributed by atoms with Gasteiger partial charge >= 0.3 is 6.16 Å². The highest BCUT2D eigenvalue weighted by atomic mass is 16.7. The zero-order chi connectivity index (χ0) is 16.5. The highest BCUT2D eigenvalue weighted by molar-refractivity contribution is 5.63. The second kappa shape index (κ2) is 9.50. The summed E-state index contributed by atoms with van der Waals surface area (Å²) in [5.74, 6) is 0.537. The lowest BCUT2D eigenvalue weighted by atomic mass is 9.88. The lowest BCUT2D eigenvalue weighted by Crippen LogP contribution is -2.10. The van der Waals surface area contributed by atoms with Crippen LogP contribution in [0.15, 0.2) is 6.07 Å². The SMILES string of the molecule is CCCCCCc1cc(OC(=O)O)c(CC)c(CC)c1CC. The summed E-state index contributed by atoms with van der Waals surface area (Å²) in [5.41, 5.74) is 5.01. The zero-order valence-electron chi connectivity index (χ0n) is 14.5. The van der Waals surface area contributed by atoms with E-state index in [4.69, 9.17) is 9.84 Å². The minimum atomic E-state index is -1.22. The molecule has 0 unspecified atom stereocenters. The number of carbonyl (C=O) groups is 1. The topological polar surface area (TPSA) is 46.5 Å². The summed E-state index contributed by atoms with van der Waals surface area (Å²) in [6, 6.07) is 1.97. The number of aryl methyl sites for hydroxylation is 1. The van der Waals surface area contributed by atoms with Gasteiger partial charge in [0.1, 0.15) is 5.75 Å². The molecular weight excluding hydrogens is 276 g/mol. The Labute approximate surface area is 134 Å². The molecule has 0 saturated heterocycles. The molecule has 3 heteroatoms. The van der Waals surface area contributed by atoms with E-state index in [0.29, 0.717) is 5.75 Å². The highest BCUT2D eigenvalue weighted by Gasteiger charge is 2.17. The van der Waals surface area contributed by atoms with Crippen molar-refractivity contribution in [1.82, 2.24) is 0 Å². The molecule has 1 aromatic carbocycles. The third-order valence-corrected chi connectivity index (χ3v) is 4.28. The molecule has 0 atom stereocenters. The molecule has 124 valence electrons. The van der Waals surface area contributed by atoms with Crippen molar-refractivity contribution >= 4 is 6.16 Å². The molecule has 1 aromatic rings. The van der Waals surface area contributed by atoms with Gasteiger partial charge < -0.3 is 9.84 Å². The lowest BCUT2D eigenvalue weighted by Gasteiger charge is -2.20. The van der Waals surface area contributed by atoms with Gasteiger partial charge in [-0.05, 0) is 60.4 Å². The first kappa shape index (κ1) is 18.5. The summed E-state index contributed by atoms with van der Waals surface area (Å²) >= 11 is 0. The van der Waals surface area contributed by atoms with Crippen LogP contribution in [0.4, 0.5) is 4.79 Å². The van der Waals surface area contributed by atoms with Crippen LogP contribution in [-0.4, -0.2) is 11.3 Å². The fourth-order valence-corrected chi connectivity index (χ4v) is 3.26. The number of benzene rings is 1. The Balaban J connectivity index is 3.19. The van der Waals surface area contributed by atoms with Crippen LogP contribution < -0.4 is 4.74 Å². The van der Waals surface area contributed by atoms with E-state index in [1.807, 2.05) is 6.07 Å². The van der Waals surface area contributed by atoms with Gasteiger partial charge in [0.05, 0.1) is 0 Å². The Morgan fingerprint density at radius 1 is 0.955 bits per heavy atom. The van der Waals surface area contributed by atoms with Gasteiger partial charge in [0.25, 0.3) is 0 Å². The quantitative estimate of drug-likeness (QED) is 0.369. The number of hydrogen-bond acceptors (Lipinski definition) is 2. The van der Waals surface area contributed by atoms with Crippen molar-refractivity contribution in [3.63, 3.8) is 0 Å². The van der Waals surface area contributed by atoms with Crippen molar-refractivity contribution in [2.24, 2.45) is 0 Å². The Hall–Kier alpha value is -1.51. The van der Waals surface area contributed by atoms with Crippen LogP contribution >= 0.6 is 0 Å². The standard InChI is InChI=1S/C19H30O3/c1-5-9-10-11-12-14-13-18(22-19(20)21)17(8-4)16(7-3)15(14)6-2/h13H,5-12H2,1-4H3,(H,20,21). The Kier molecular flexibility index (Phi) is 8.00. The molecule has 22 heavy (non-hydrogen) atoms. The minimum Gasteiger partial charge on any atom is -0.449 e. The van der Waals surface area contributed by atoms with E-state index < -0.39 is 6.16 Å². The molecule has 0 aliphatic rings. The minimum absolute atomic E-state index is 0.537. The maximum absolute atomic E-state index is 11.0. The van der Waals surface area contributed by atoms with E-state index in [0.717, 1.165) is 37.7 Å². The molecule has 0 aliphatic heterocycles. The van der Waals surface area contributed by atoms with E-state index in [2.05, 4.69) is 27.7 Å². The molecule has 0 aliphatic carbocycles. The molecule has 0 spiro atoms. The lowest BCUT2D eigenvalue weighted by molar-refractivity contribution is 0.144. The summed E-state index contributed by atoms with van der Waals surface area (Å²) < 4.78 is 5.06. The monoisotopic (exact) mass is 306 g/mol. The summed E-state index contributed by atoms with van der Waals surface area (Å²) in [6.45, 7) is 8.59. The molecule has 1 N–H and O–H groups in total. The van der Waals surface area contributed by atoms with Crippen LogP contribution in [0.25, 0.3) is 0 Å². The van der Waals surface area contributed by atoms with Gasteiger partial charge in [0, 0.05) is 0 Å². The third-order valence-electron chi connectivity index (χ3n) is 4.28. The molecule has 0 heterocycles. The normalized spacial score (nSPS) is 10.7. The average Bonchev–Trinajstić information content (AvgIpc) is 2.50. The Bertz CT molecular complexity index is 492. The first-order valence-corrected chi connectivity index (χ1v) is 8.66. The van der Waals surface area contributed by atoms with E-state index in [9.17, 15) is 4.79 Å². The van der Waals surface area contributed by atoms with Crippen LogP contribution in [0.2, 0.25) is 0 Å². The fraction of sp³-hybridized carbons (Fsp3) is 0.632. The van der Waals surface area contributed by atoms with Crippen molar-refractivity contribution in [2.45, 2.75) is 79.1 Å². The Morgan fingerprint density at radius 3 is 2.09 bits per heavy atom. The maximum Gasteiger partial charge on any atom is 0.511 e. The predicted octanol–water partition coefficient (Wildman–Crippen LogP) is 5.55. The van der Waals surface area contributed by atoms with E-state index in [-0.39, 0.29) is 0 Å². The van der Waals surface area contributed by atoms with Crippen molar-refractivity contribution in [3.8, 4) is 5.75 Å². The van der Waals surface area contributed by atoms with Crippen molar-refractivity contribution in [2.75, 3.05) is 0 Å². The van der Waals surface area contributed by atoms with Crippen molar-refractivity contribution < 1.29 is 14.6 Å². The molecule has 0 aromatic heterocycles. The number of unbranched alkanes of at least 4 members (excludes halogenated alkanes) is 3. The number of ether oxygens (including phenoxy) is 1. The van der Waals surface area contributed by atoms with E-state index in [1.54, 1.807) is 0 Å². The summed E-state index contributed by atoms with van der Waals surface area (Å²) in [7, 11) is 0. The van der Waals surface area contributed by atoms with E-state index in [1.165, 1.54) is 36.0 Å². The fourth-order valence-electron chi connectivity index (χ4n) is 3.26. The predicted molar refractivity (Wildman–Crippen MR) is 91.1 cm³/mol. The number of rotatable bonds is 9. The van der Waals surface area contributed by atoms with Crippen LogP contribution in [-0.2, 0) is 25.7 Å². The molecule has 0 amide bonds. The maximum atomic E-state index is 11.0. The molecule has 0 saturated carbocycles. The molecule has 3 nitrogen and oxygen atoms in total. The van der Waals surface area contributed by atoms with Gasteiger partial charge in [0.15, 0.2) is 0 Å². The van der Waals surface area contributed by atoms with Gasteiger partial charge in [-0.1, -0.05) is 47.0 Å². The van der Waals surface area contributed by atoms with Gasteiger partial charge in [-0.2, -0.15) is 0 Å². The van der Waals surface area contributed by atoms with Crippen molar-refractivity contribution in [1.29, 1.82) is 0 Å². The number of hydrogen-bond donors (Lipinski definition) is 1. The highest BCUT2D eigenvalue weighted by Crippen LogP contribution is 2.32. The van der Waals surface area contributed by atoms with Crippen LogP contribution in [0, 0.1) is 0 Å². The van der Waals surface area contributed by atoms with Gasteiger partial charge in [-0.15, -0.1) is 0 Å². The zero-order valence-corrected chi connectivity index (χ0v) is 14.5. The van der Waals surface area contributed by atoms with Crippen molar-refractivity contribution in [3.05, 3.63) is 28.3 Å². The number of carboxylic acid groups (broad SMARTS) is 1. The summed E-state index contributed by atoms with van der Waals surface area (Å²) in [4.78, 5) is 11.0. The van der Waals surface area contributed by atoms with E-state index >= 15 is 0 Å². The van der Waals surface area contributed by atoms with Gasteiger partial charge in [-0.3, -0.25) is 0 Å². The van der Waals surface area contributed by atoms with Gasteiger partial charge in [-0.25, -0.2) is 4.79 Å². The second-order valence-corrected chi connectivity index (χ2v) is 5.71. The first-order valence-electron chi connectivity index (χ1n) is 8.66. The average molecular weight is 306 g/mol. The van der Waals surface area contributed by atoms with Crippen LogP contribution in [0.1, 0.15) is 75.6 Å². The molecule has 1 rings (SSSR count). The molecule has 0 fully saturated rings. The van der Waals surface area contributed by atoms with Gasteiger partial charge in [0.2, 0.25) is 0 Å². The second-order valence-electron chi connectivity index (χ2n) is 5.71. The first-order chi connectivity index (χ1) is 10.6. The Morgan fingerprint density at radius 2 is 1.59 bits per heavy atom. The summed E-state index contributed by atoms with van der Waals surface area (Å²) in [6.07, 6.45) is 7.37. The smallest absolute Gasteiger partial charge is 0.449 e. The van der Waals surface area contributed by atoms with Crippen LogP contribution in [0.3, 0.4) is 0 Å². The van der Waals surface area contributed by atoms with Crippen LogP contribution in [0.5, 0.6) is 5.75 Å².